The van der Waals surface area contributed by atoms with Gasteiger partial charge < -0.3 is 20.1 Å². The second-order valence-electron chi connectivity index (χ2n) is 15.2. The van der Waals surface area contributed by atoms with Crippen molar-refractivity contribution < 1.29 is 43.5 Å². The number of hydrogen-bond acceptors (Lipinski definition) is 6. The van der Waals surface area contributed by atoms with Gasteiger partial charge in [0.25, 0.3) is 11.9 Å². The molecule has 0 amide bonds. The summed E-state index contributed by atoms with van der Waals surface area (Å²) >= 11 is -2.08. The molecule has 0 saturated heterocycles. The molecule has 8 nitrogen and oxygen atoms in total. The Bertz CT molecular complexity index is 795. The number of esters is 2. The summed E-state index contributed by atoms with van der Waals surface area (Å²) in [7, 11) is 0. The van der Waals surface area contributed by atoms with Crippen molar-refractivity contribution in [3.63, 3.8) is 0 Å². The number of hydrogen-bond donors (Lipinski definition) is 0. The first-order valence-corrected chi connectivity index (χ1v) is 17.6. The van der Waals surface area contributed by atoms with Gasteiger partial charge in [0.05, 0.1) is 0 Å². The molecule has 0 aliphatic heterocycles. The van der Waals surface area contributed by atoms with E-state index in [-0.39, 0.29) is 12.2 Å². The van der Waals surface area contributed by atoms with Crippen LogP contribution in [0.4, 0.5) is 0 Å². The van der Waals surface area contributed by atoms with Gasteiger partial charge >= 0.3 is 24.4 Å². The van der Waals surface area contributed by atoms with Crippen LogP contribution in [0.25, 0.3) is 10.6 Å². The second kappa shape index (κ2) is 16.8. The third-order valence-corrected chi connectivity index (χ3v) is 8.29. The average Bonchev–Trinajstić information content (AvgIpc) is 2.80. The van der Waals surface area contributed by atoms with Crippen molar-refractivity contribution in [3.05, 3.63) is 10.6 Å². The Balaban J connectivity index is 0.00000268. The summed E-state index contributed by atoms with van der Waals surface area (Å²) in [4.78, 5) is 27.9. The first-order valence-electron chi connectivity index (χ1n) is 15.5. The minimum absolute atomic E-state index is 0.167. The molecular formula is C32H58N2O6Os. The first-order chi connectivity index (χ1) is 18.8. The van der Waals surface area contributed by atoms with Crippen LogP contribution in [-0.2, 0) is 43.5 Å². The van der Waals surface area contributed by atoms with Crippen LogP contribution in [0.5, 0.6) is 0 Å². The number of carbonyl (C=O) groups is 2. The summed E-state index contributed by atoms with van der Waals surface area (Å²) < 4.78 is 29.5. The van der Waals surface area contributed by atoms with Gasteiger partial charge in [-0.1, -0.05) is 95.9 Å². The normalized spacial score (nSPS) is 28.7. The van der Waals surface area contributed by atoms with Crippen molar-refractivity contribution in [2.45, 2.75) is 157 Å². The maximum atomic E-state index is 13.9. The van der Waals surface area contributed by atoms with Gasteiger partial charge in [0.1, 0.15) is 12.2 Å². The molecule has 0 aromatic heterocycles. The molecule has 9 heteroatoms. The molecular weight excluding hydrogens is 699 g/mol. The quantitative estimate of drug-likeness (QED) is 0.222. The van der Waals surface area contributed by atoms with E-state index in [1.165, 1.54) is 0 Å². The van der Waals surface area contributed by atoms with Crippen LogP contribution in [-0.4, -0.2) is 47.3 Å². The third kappa shape index (κ3) is 13.5. The Morgan fingerprint density at radius 3 is 1.20 bits per heavy atom. The third-order valence-electron chi connectivity index (χ3n) is 8.29. The fourth-order valence-electron chi connectivity index (χ4n) is 6.28. The molecule has 0 heterocycles. The summed E-state index contributed by atoms with van der Waals surface area (Å²) in [6.07, 6.45) is 5.75. The Labute approximate surface area is 257 Å². The van der Waals surface area contributed by atoms with Crippen LogP contribution in [0.15, 0.2) is 0 Å². The molecule has 0 N–H and O–H groups in total. The van der Waals surface area contributed by atoms with E-state index < -0.39 is 52.4 Å². The van der Waals surface area contributed by atoms with Crippen molar-refractivity contribution >= 4 is 11.9 Å². The van der Waals surface area contributed by atoms with E-state index in [2.05, 4.69) is 41.5 Å². The van der Waals surface area contributed by atoms with Crippen molar-refractivity contribution in [1.82, 2.24) is 0 Å². The molecule has 0 bridgehead atoms. The second-order valence-corrected chi connectivity index (χ2v) is 15.6. The molecule has 8 atom stereocenters. The Morgan fingerprint density at radius 2 is 0.951 bits per heavy atom. The number of ether oxygens (including phenoxy) is 2. The molecule has 0 spiro atoms. The monoisotopic (exact) mass is 758 g/mol. The molecule has 240 valence electrons. The molecule has 0 aromatic carbocycles. The molecule has 2 aliphatic carbocycles. The van der Waals surface area contributed by atoms with Crippen LogP contribution in [0.3, 0.4) is 0 Å². The zero-order chi connectivity index (χ0) is 31.7. The molecule has 0 unspecified atom stereocenters. The molecule has 2 rings (SSSR count). The van der Waals surface area contributed by atoms with E-state index in [9.17, 15) is 9.59 Å². The Kier molecular flexibility index (Phi) is 15.6. The van der Waals surface area contributed by atoms with E-state index in [4.69, 9.17) is 27.2 Å². The van der Waals surface area contributed by atoms with Crippen molar-refractivity contribution in [1.29, 1.82) is 0 Å². The molecule has 41 heavy (non-hydrogen) atoms. The maximum absolute atomic E-state index is 13.9. The Hall–Kier alpha value is -0.904. The predicted octanol–water partition coefficient (Wildman–Crippen LogP) is 7.84. The van der Waals surface area contributed by atoms with E-state index in [1.54, 1.807) is 0 Å². The minimum atomic E-state index is -2.08. The van der Waals surface area contributed by atoms with E-state index in [1.807, 2.05) is 41.5 Å². The van der Waals surface area contributed by atoms with Crippen molar-refractivity contribution in [2.24, 2.45) is 35.5 Å². The van der Waals surface area contributed by atoms with Gasteiger partial charge in [-0.3, -0.25) is 9.59 Å². The topological polar surface area (TPSA) is 115 Å². The van der Waals surface area contributed by atoms with Crippen LogP contribution >= 0.6 is 0 Å². The molecule has 0 aromatic rings. The zero-order valence-electron chi connectivity index (χ0n) is 27.7. The van der Waals surface area contributed by atoms with Crippen LogP contribution in [0.1, 0.15) is 122 Å². The van der Waals surface area contributed by atoms with E-state index >= 15 is 0 Å². The SMILES string of the molecule is CC(C)[C@@H]1CC[C@@H](C)C[C@H]1OC(=O)[C@H]([N-]C(C)(C)C)[C@@H]([N-]C(C)(C)C)C(=O)O[C@@H]1C[C@H](C)CC[C@H]1C(C)C.[O]=[Os+2]=[O]. The summed E-state index contributed by atoms with van der Waals surface area (Å²) in [5.74, 6) is 1.56. The van der Waals surface area contributed by atoms with Crippen molar-refractivity contribution in [2.75, 3.05) is 0 Å². The van der Waals surface area contributed by atoms with E-state index in [0.717, 1.165) is 38.5 Å². The van der Waals surface area contributed by atoms with Gasteiger partial charge in [0.2, 0.25) is 0 Å². The molecule has 2 aliphatic rings. The van der Waals surface area contributed by atoms with Gasteiger partial charge in [-0.2, -0.15) is 0 Å². The van der Waals surface area contributed by atoms with Crippen LogP contribution < -0.4 is 0 Å². The fourth-order valence-corrected chi connectivity index (χ4v) is 6.28. The van der Waals surface area contributed by atoms with Crippen LogP contribution in [0.2, 0.25) is 0 Å². The number of nitrogens with zero attached hydrogens (tertiary/aromatic N) is 2. The summed E-state index contributed by atoms with van der Waals surface area (Å²) in [6.45, 7) is 24.9. The average molecular weight is 757 g/mol. The predicted molar refractivity (Wildman–Crippen MR) is 158 cm³/mol. The Morgan fingerprint density at radius 1 is 0.659 bits per heavy atom. The summed E-state index contributed by atoms with van der Waals surface area (Å²) in [5, 5.41) is 9.72. The van der Waals surface area contributed by atoms with Gasteiger partial charge in [0.15, 0.2) is 0 Å². The van der Waals surface area contributed by atoms with Gasteiger partial charge in [0, 0.05) is 0 Å². The molecule has 0 radical (unpaired) electrons. The van der Waals surface area contributed by atoms with E-state index in [0.29, 0.717) is 35.5 Å². The van der Waals surface area contributed by atoms with Gasteiger partial charge in [-0.05, 0) is 73.3 Å². The summed E-state index contributed by atoms with van der Waals surface area (Å²) in [6, 6.07) is -2.07. The first kappa shape index (κ1) is 38.1. The van der Waals surface area contributed by atoms with Crippen LogP contribution in [0, 0.1) is 35.5 Å². The molecule has 2 saturated carbocycles. The van der Waals surface area contributed by atoms with Gasteiger partial charge in [-0.25, -0.2) is 0 Å². The van der Waals surface area contributed by atoms with Gasteiger partial charge in [-0.15, -0.1) is 11.1 Å². The number of carbonyl (C=O) groups excluding carboxylic acids is 2. The summed E-state index contributed by atoms with van der Waals surface area (Å²) in [5.41, 5.74) is -1.10. The van der Waals surface area contributed by atoms with Crippen molar-refractivity contribution in [3.8, 4) is 0 Å². The number of rotatable bonds is 9. The zero-order valence-corrected chi connectivity index (χ0v) is 30.3. The standard InChI is InChI=1S/C32H58N2O4.2O.Os/c1-19(2)23-15-13-21(5)17-25(23)37-29(35)27(33-31(7,8)9)28(34-32(10,11)12)30(36)38-26-18-22(6)14-16-24(26)20(3)4;;;/h19-28H,13-18H2,1-12H3;;;/q-2;;;+2/t21-,22-,23+,24+,25-,26-,27-,28-;;;/m1.../s1. The molecule has 2 fully saturated rings. The fraction of sp³-hybridized carbons (Fsp3) is 0.938.